The molecule has 0 aliphatic carbocycles. The SMILES string of the molecule is CCOC(=O)C1=C(COC(=O)CCCC[C@@H]2CCSS2)NC(=O)N[C@H]1CC. The van der Waals surface area contributed by atoms with Crippen LogP contribution in [0.25, 0.3) is 0 Å². The van der Waals surface area contributed by atoms with Crippen molar-refractivity contribution in [1.82, 2.24) is 10.6 Å². The molecule has 2 aliphatic heterocycles. The summed E-state index contributed by atoms with van der Waals surface area (Å²) < 4.78 is 10.4. The van der Waals surface area contributed by atoms with Crippen LogP contribution in [0.5, 0.6) is 0 Å². The monoisotopic (exact) mass is 416 g/mol. The summed E-state index contributed by atoms with van der Waals surface area (Å²) in [6.07, 6.45) is 5.05. The molecule has 2 N–H and O–H groups in total. The normalized spacial score (nSPS) is 22.2. The highest BCUT2D eigenvalue weighted by Crippen LogP contribution is 2.39. The molecule has 1 saturated heterocycles. The van der Waals surface area contributed by atoms with E-state index in [1.165, 1.54) is 12.2 Å². The van der Waals surface area contributed by atoms with E-state index in [1.54, 1.807) is 6.92 Å². The Kier molecular flexibility index (Phi) is 9.33. The van der Waals surface area contributed by atoms with Crippen LogP contribution in [0.15, 0.2) is 11.3 Å². The minimum atomic E-state index is -0.505. The Balaban J connectivity index is 1.84. The largest absolute Gasteiger partial charge is 0.463 e. The van der Waals surface area contributed by atoms with E-state index in [2.05, 4.69) is 10.6 Å². The second kappa shape index (κ2) is 11.5. The van der Waals surface area contributed by atoms with Crippen molar-refractivity contribution >= 4 is 39.6 Å². The lowest BCUT2D eigenvalue weighted by molar-refractivity contribution is -0.143. The van der Waals surface area contributed by atoms with Gasteiger partial charge in [-0.15, -0.1) is 0 Å². The maximum atomic E-state index is 12.3. The van der Waals surface area contributed by atoms with E-state index < -0.39 is 18.0 Å². The molecule has 2 amide bonds. The van der Waals surface area contributed by atoms with Crippen LogP contribution >= 0.6 is 21.6 Å². The molecule has 9 heteroatoms. The van der Waals surface area contributed by atoms with Crippen LogP contribution in [0.3, 0.4) is 0 Å². The van der Waals surface area contributed by atoms with Gasteiger partial charge < -0.3 is 20.1 Å². The molecule has 2 aliphatic rings. The van der Waals surface area contributed by atoms with Crippen molar-refractivity contribution in [3.05, 3.63) is 11.3 Å². The standard InChI is InChI=1S/C18H28N2O5S2/c1-3-13-16(17(22)24-4-2)14(20-18(23)19-13)11-25-15(21)8-6-5-7-12-9-10-26-27-12/h12-13H,3-11H2,1-2H3,(H2,19,20,23)/t12-,13+/m1/s1. The number of hydrogen-bond donors (Lipinski definition) is 2. The van der Waals surface area contributed by atoms with E-state index in [4.69, 9.17) is 9.47 Å². The van der Waals surface area contributed by atoms with Gasteiger partial charge in [0.05, 0.1) is 23.9 Å². The molecule has 0 aromatic heterocycles. The molecule has 0 bridgehead atoms. The number of nitrogens with one attached hydrogen (secondary N) is 2. The quantitative estimate of drug-likeness (QED) is 0.321. The number of hydrogen-bond acceptors (Lipinski definition) is 7. The molecule has 2 atom stereocenters. The predicted molar refractivity (Wildman–Crippen MR) is 107 cm³/mol. The average Bonchev–Trinajstić information content (AvgIpc) is 3.16. The molecule has 7 nitrogen and oxygen atoms in total. The van der Waals surface area contributed by atoms with Crippen molar-refractivity contribution in [2.24, 2.45) is 0 Å². The number of carbonyl (C=O) groups is 3. The summed E-state index contributed by atoms with van der Waals surface area (Å²) in [6.45, 7) is 3.68. The third-order valence-electron chi connectivity index (χ3n) is 4.41. The minimum Gasteiger partial charge on any atom is -0.463 e. The molecule has 0 aromatic carbocycles. The van der Waals surface area contributed by atoms with Gasteiger partial charge in [0, 0.05) is 17.4 Å². The van der Waals surface area contributed by atoms with Crippen molar-refractivity contribution in [3.8, 4) is 0 Å². The summed E-state index contributed by atoms with van der Waals surface area (Å²) in [6, 6.07) is -0.860. The first kappa shape index (κ1) is 21.9. The number of amides is 2. The van der Waals surface area contributed by atoms with Crippen molar-refractivity contribution in [2.45, 2.75) is 63.7 Å². The van der Waals surface area contributed by atoms with E-state index in [0.717, 1.165) is 19.3 Å². The predicted octanol–water partition coefficient (Wildman–Crippen LogP) is 3.15. The Morgan fingerprint density at radius 1 is 1.22 bits per heavy atom. The van der Waals surface area contributed by atoms with Crippen LogP contribution in [-0.4, -0.2) is 48.2 Å². The van der Waals surface area contributed by atoms with Crippen LogP contribution < -0.4 is 10.6 Å². The zero-order chi connectivity index (χ0) is 19.6. The molecule has 152 valence electrons. The van der Waals surface area contributed by atoms with Gasteiger partial charge in [0.25, 0.3) is 0 Å². The van der Waals surface area contributed by atoms with E-state index in [1.807, 2.05) is 28.5 Å². The Morgan fingerprint density at radius 2 is 2.04 bits per heavy atom. The lowest BCUT2D eigenvalue weighted by Gasteiger charge is -2.28. The van der Waals surface area contributed by atoms with Gasteiger partial charge in [-0.2, -0.15) is 0 Å². The average molecular weight is 417 g/mol. The molecule has 2 rings (SSSR count). The minimum absolute atomic E-state index is 0.133. The van der Waals surface area contributed by atoms with Crippen molar-refractivity contribution in [1.29, 1.82) is 0 Å². The maximum Gasteiger partial charge on any atom is 0.338 e. The van der Waals surface area contributed by atoms with Crippen LogP contribution in [0, 0.1) is 0 Å². The Morgan fingerprint density at radius 3 is 2.70 bits per heavy atom. The van der Waals surface area contributed by atoms with Gasteiger partial charge >= 0.3 is 18.0 Å². The van der Waals surface area contributed by atoms with Gasteiger partial charge in [-0.05, 0) is 32.6 Å². The second-order valence-electron chi connectivity index (χ2n) is 6.41. The van der Waals surface area contributed by atoms with E-state index in [-0.39, 0.29) is 19.2 Å². The topological polar surface area (TPSA) is 93.7 Å². The van der Waals surface area contributed by atoms with Crippen LogP contribution in [-0.2, 0) is 19.1 Å². The Bertz CT molecular complexity index is 576. The smallest absolute Gasteiger partial charge is 0.338 e. The van der Waals surface area contributed by atoms with Crippen molar-refractivity contribution in [2.75, 3.05) is 19.0 Å². The zero-order valence-electron chi connectivity index (χ0n) is 15.9. The summed E-state index contributed by atoms with van der Waals surface area (Å²) in [4.78, 5) is 36.1. The first-order valence-electron chi connectivity index (χ1n) is 9.46. The van der Waals surface area contributed by atoms with Gasteiger partial charge in [-0.3, -0.25) is 4.79 Å². The fourth-order valence-corrected chi connectivity index (χ4v) is 6.03. The third-order valence-corrected chi connectivity index (χ3v) is 7.42. The Labute approximate surface area is 168 Å². The van der Waals surface area contributed by atoms with Crippen LogP contribution in [0.1, 0.15) is 52.4 Å². The molecule has 0 unspecified atom stereocenters. The lowest BCUT2D eigenvalue weighted by Crippen LogP contribution is -2.51. The van der Waals surface area contributed by atoms with Gasteiger partial charge in [-0.25, -0.2) is 9.59 Å². The van der Waals surface area contributed by atoms with Crippen LogP contribution in [0.4, 0.5) is 4.79 Å². The van der Waals surface area contributed by atoms with Crippen molar-refractivity contribution < 1.29 is 23.9 Å². The van der Waals surface area contributed by atoms with E-state index >= 15 is 0 Å². The number of rotatable bonds is 10. The fourth-order valence-electron chi connectivity index (χ4n) is 3.01. The van der Waals surface area contributed by atoms with Crippen LogP contribution in [0.2, 0.25) is 0 Å². The molecular weight excluding hydrogens is 388 g/mol. The summed E-state index contributed by atoms with van der Waals surface area (Å²) in [5.74, 6) is 0.393. The number of unbranched alkanes of at least 4 members (excludes halogenated alkanes) is 1. The van der Waals surface area contributed by atoms with Gasteiger partial charge in [-0.1, -0.05) is 34.9 Å². The molecule has 0 aromatic rings. The van der Waals surface area contributed by atoms with Gasteiger partial charge in [0.1, 0.15) is 6.61 Å². The molecule has 27 heavy (non-hydrogen) atoms. The molecule has 2 heterocycles. The highest BCUT2D eigenvalue weighted by molar-refractivity contribution is 8.77. The van der Waals surface area contributed by atoms with Gasteiger partial charge in [0.2, 0.25) is 0 Å². The first-order valence-corrected chi connectivity index (χ1v) is 11.8. The number of esters is 2. The van der Waals surface area contributed by atoms with Gasteiger partial charge in [0.15, 0.2) is 0 Å². The second-order valence-corrected chi connectivity index (χ2v) is 9.19. The summed E-state index contributed by atoms with van der Waals surface area (Å²) in [7, 11) is 3.87. The maximum absolute atomic E-state index is 12.3. The molecule has 0 spiro atoms. The highest BCUT2D eigenvalue weighted by atomic mass is 33.1. The molecule has 0 radical (unpaired) electrons. The molecule has 0 saturated carbocycles. The summed E-state index contributed by atoms with van der Waals surface area (Å²) in [5.41, 5.74) is 0.624. The Hall–Kier alpha value is -1.35. The zero-order valence-corrected chi connectivity index (χ0v) is 17.5. The summed E-state index contributed by atoms with van der Waals surface area (Å²) >= 11 is 0. The lowest BCUT2D eigenvalue weighted by atomic mass is 10.0. The fraction of sp³-hybridized carbons (Fsp3) is 0.722. The number of ether oxygens (including phenoxy) is 2. The number of urea groups is 1. The van der Waals surface area contributed by atoms with E-state index in [9.17, 15) is 14.4 Å². The molecule has 1 fully saturated rings. The van der Waals surface area contributed by atoms with Crippen molar-refractivity contribution in [3.63, 3.8) is 0 Å². The summed E-state index contributed by atoms with van der Waals surface area (Å²) in [5, 5.41) is 5.97. The third kappa shape index (κ3) is 6.95. The molecular formula is C18H28N2O5S2. The first-order chi connectivity index (χ1) is 13.0. The van der Waals surface area contributed by atoms with E-state index in [0.29, 0.717) is 29.4 Å². The number of carbonyl (C=O) groups excluding carboxylic acids is 3. The highest BCUT2D eigenvalue weighted by Gasteiger charge is 2.31.